The van der Waals surface area contributed by atoms with E-state index in [2.05, 4.69) is 34.7 Å². The molecule has 1 rings (SSSR count). The fourth-order valence-electron chi connectivity index (χ4n) is 1.75. The van der Waals surface area contributed by atoms with E-state index >= 15 is 0 Å². The van der Waals surface area contributed by atoms with Crippen molar-refractivity contribution in [2.75, 3.05) is 31.3 Å². The van der Waals surface area contributed by atoms with Gasteiger partial charge in [0.1, 0.15) is 19.0 Å². The van der Waals surface area contributed by atoms with Crippen LogP contribution in [0.15, 0.2) is 48.3 Å². The van der Waals surface area contributed by atoms with Crippen LogP contribution >= 0.6 is 23.5 Å². The molecule has 0 fully saturated rings. The second kappa shape index (κ2) is 15.2. The Balaban J connectivity index is 2.65. The van der Waals surface area contributed by atoms with E-state index < -0.39 is 17.9 Å². The molecule has 1 heterocycles. The molecule has 0 unspecified atom stereocenters. The highest BCUT2D eigenvalue weighted by Gasteiger charge is 2.09. The first kappa shape index (κ1) is 25.4. The van der Waals surface area contributed by atoms with Crippen LogP contribution in [-0.4, -0.2) is 64.2 Å². The highest BCUT2D eigenvalue weighted by molar-refractivity contribution is 7.99. The molecule has 0 saturated carbocycles. The zero-order chi connectivity index (χ0) is 22.2. The molecule has 0 saturated heterocycles. The maximum Gasteiger partial charge on any atom is 0.330 e. The lowest BCUT2D eigenvalue weighted by molar-refractivity contribution is -0.138. The number of carbonyl (C=O) groups excluding carboxylic acids is 3. The number of ether oxygens (including phenoxy) is 3. The van der Waals surface area contributed by atoms with Gasteiger partial charge in [-0.2, -0.15) is 4.98 Å². The number of thioether (sulfide) groups is 2. The van der Waals surface area contributed by atoms with Crippen LogP contribution in [0.5, 0.6) is 0 Å². The van der Waals surface area contributed by atoms with Gasteiger partial charge in [-0.15, -0.1) is 0 Å². The van der Waals surface area contributed by atoms with Crippen molar-refractivity contribution in [1.82, 2.24) is 15.0 Å². The lowest BCUT2D eigenvalue weighted by atomic mass is 10.3. The van der Waals surface area contributed by atoms with Crippen molar-refractivity contribution in [1.29, 1.82) is 0 Å². The zero-order valence-corrected chi connectivity index (χ0v) is 18.0. The average Bonchev–Trinajstić information content (AvgIpc) is 2.76. The Morgan fingerprint density at radius 1 is 0.733 bits per heavy atom. The second-order valence-corrected chi connectivity index (χ2v) is 7.36. The topological polar surface area (TPSA) is 118 Å². The van der Waals surface area contributed by atoms with Crippen molar-refractivity contribution >= 4 is 41.4 Å². The minimum Gasteiger partial charge on any atom is -0.463 e. The molecule has 0 N–H and O–H groups in total. The molecule has 0 atom stereocenters. The average molecular weight is 454 g/mol. The Hall–Kier alpha value is -2.66. The molecule has 0 aromatic carbocycles. The number of hydrogen-bond donors (Lipinski definition) is 0. The van der Waals surface area contributed by atoms with Crippen LogP contribution in [-0.2, 0) is 35.0 Å². The Morgan fingerprint density at radius 2 is 1.17 bits per heavy atom. The summed E-state index contributed by atoms with van der Waals surface area (Å²) in [6.45, 7) is 10.6. The summed E-state index contributed by atoms with van der Waals surface area (Å²) < 4.78 is 14.8. The third kappa shape index (κ3) is 11.4. The number of carbonyl (C=O) groups is 3. The predicted molar refractivity (Wildman–Crippen MR) is 113 cm³/mol. The molecule has 162 valence electrons. The molecule has 0 amide bonds. The molecule has 1 aromatic heterocycles. The monoisotopic (exact) mass is 453 g/mol. The van der Waals surface area contributed by atoms with Gasteiger partial charge in [0.15, 0.2) is 10.3 Å². The molecular weight excluding hydrogens is 430 g/mol. The van der Waals surface area contributed by atoms with Gasteiger partial charge in [0.25, 0.3) is 0 Å². The van der Waals surface area contributed by atoms with Crippen molar-refractivity contribution in [2.24, 2.45) is 0 Å². The van der Waals surface area contributed by atoms with Crippen molar-refractivity contribution in [2.45, 2.75) is 23.2 Å². The lowest BCUT2D eigenvalue weighted by Crippen LogP contribution is -2.08. The van der Waals surface area contributed by atoms with E-state index in [1.165, 1.54) is 23.5 Å². The van der Waals surface area contributed by atoms with Gasteiger partial charge in [0.2, 0.25) is 0 Å². The summed E-state index contributed by atoms with van der Waals surface area (Å²) in [5.41, 5.74) is 0. The first-order chi connectivity index (χ1) is 14.5. The summed E-state index contributed by atoms with van der Waals surface area (Å²) in [7, 11) is 0. The van der Waals surface area contributed by atoms with Crippen molar-refractivity contribution < 1.29 is 28.6 Å². The summed E-state index contributed by atoms with van der Waals surface area (Å²) in [6.07, 6.45) is 4.30. The molecule has 1 aromatic rings. The van der Waals surface area contributed by atoms with Gasteiger partial charge < -0.3 is 14.2 Å². The van der Waals surface area contributed by atoms with Gasteiger partial charge in [-0.05, 0) is 6.42 Å². The molecule has 0 aliphatic rings. The molecule has 0 radical (unpaired) electrons. The highest BCUT2D eigenvalue weighted by atomic mass is 32.2. The standard InChI is InChI=1S/C19H23N3O6S2/c1-4-15(23)26-9-7-8-14-20-18(29-12-10-27-16(24)5-2)22-19(21-14)30-13-11-28-17(25)6-3/h4-6H,1-3,7-13H2. The summed E-state index contributed by atoms with van der Waals surface area (Å²) in [6, 6.07) is 0. The SMILES string of the molecule is C=CC(=O)OCCCc1nc(SCCOC(=O)C=C)nc(SCCOC(=O)C=C)n1. The number of hydrogen-bond acceptors (Lipinski definition) is 11. The number of esters is 3. The van der Waals surface area contributed by atoms with Crippen LogP contribution in [0.1, 0.15) is 12.2 Å². The van der Waals surface area contributed by atoms with E-state index in [1.807, 2.05) is 0 Å². The van der Waals surface area contributed by atoms with Crippen LogP contribution in [0.25, 0.3) is 0 Å². The molecule has 11 heteroatoms. The van der Waals surface area contributed by atoms with E-state index in [9.17, 15) is 14.4 Å². The van der Waals surface area contributed by atoms with E-state index in [-0.39, 0.29) is 19.8 Å². The summed E-state index contributed by atoms with van der Waals surface area (Å²) in [5.74, 6) is -0.0167. The van der Waals surface area contributed by atoms with Crippen molar-refractivity contribution in [3.05, 3.63) is 43.8 Å². The third-order valence-corrected chi connectivity index (χ3v) is 4.67. The van der Waals surface area contributed by atoms with E-state index in [0.717, 1.165) is 18.2 Å². The summed E-state index contributed by atoms with van der Waals surface area (Å²) in [4.78, 5) is 46.4. The van der Waals surface area contributed by atoms with Crippen LogP contribution in [0, 0.1) is 0 Å². The van der Waals surface area contributed by atoms with Crippen molar-refractivity contribution in [3.8, 4) is 0 Å². The Morgan fingerprint density at radius 3 is 1.60 bits per heavy atom. The fraction of sp³-hybridized carbons (Fsp3) is 0.368. The van der Waals surface area contributed by atoms with Gasteiger partial charge in [-0.25, -0.2) is 24.4 Å². The summed E-state index contributed by atoms with van der Waals surface area (Å²) in [5, 5.41) is 0.951. The smallest absolute Gasteiger partial charge is 0.330 e. The van der Waals surface area contributed by atoms with E-state index in [0.29, 0.717) is 40.5 Å². The number of nitrogens with zero attached hydrogens (tertiary/aromatic N) is 3. The highest BCUT2D eigenvalue weighted by Crippen LogP contribution is 2.19. The van der Waals surface area contributed by atoms with Crippen LogP contribution in [0.2, 0.25) is 0 Å². The van der Waals surface area contributed by atoms with Gasteiger partial charge in [0.05, 0.1) is 6.61 Å². The Kier molecular flexibility index (Phi) is 12.9. The molecule has 30 heavy (non-hydrogen) atoms. The molecule has 9 nitrogen and oxygen atoms in total. The molecule has 0 aliphatic carbocycles. The lowest BCUT2D eigenvalue weighted by Gasteiger charge is -2.07. The molecule has 0 aliphatic heterocycles. The first-order valence-electron chi connectivity index (χ1n) is 8.86. The Bertz CT molecular complexity index is 660. The minimum absolute atomic E-state index is 0.189. The number of aryl methyl sites for hydroxylation is 1. The van der Waals surface area contributed by atoms with Crippen LogP contribution in [0.3, 0.4) is 0 Å². The molecule has 0 bridgehead atoms. The van der Waals surface area contributed by atoms with Gasteiger partial charge in [-0.1, -0.05) is 43.3 Å². The summed E-state index contributed by atoms with van der Waals surface area (Å²) >= 11 is 2.62. The normalized spacial score (nSPS) is 10.0. The first-order valence-corrected chi connectivity index (χ1v) is 10.8. The maximum absolute atomic E-state index is 11.1. The largest absolute Gasteiger partial charge is 0.463 e. The predicted octanol–water partition coefficient (Wildman–Crippen LogP) is 2.18. The molecule has 0 spiro atoms. The fourth-order valence-corrected chi connectivity index (χ4v) is 3.15. The van der Waals surface area contributed by atoms with E-state index in [4.69, 9.17) is 14.2 Å². The zero-order valence-electron chi connectivity index (χ0n) is 16.4. The van der Waals surface area contributed by atoms with E-state index in [1.54, 1.807) is 0 Å². The van der Waals surface area contributed by atoms with Crippen molar-refractivity contribution in [3.63, 3.8) is 0 Å². The Labute approximate surface area is 183 Å². The van der Waals surface area contributed by atoms with Crippen LogP contribution < -0.4 is 0 Å². The maximum atomic E-state index is 11.1. The van der Waals surface area contributed by atoms with Gasteiger partial charge in [-0.3, -0.25) is 0 Å². The number of rotatable bonds is 15. The van der Waals surface area contributed by atoms with Gasteiger partial charge in [0, 0.05) is 36.2 Å². The van der Waals surface area contributed by atoms with Crippen LogP contribution in [0.4, 0.5) is 0 Å². The molecular formula is C19H23N3O6S2. The van der Waals surface area contributed by atoms with Gasteiger partial charge >= 0.3 is 17.9 Å². The minimum atomic E-state index is -0.494. The third-order valence-electron chi connectivity index (χ3n) is 3.05. The second-order valence-electron chi connectivity index (χ2n) is 5.23. The number of aromatic nitrogens is 3. The quantitative estimate of drug-likeness (QED) is 0.128.